The number of sulfonamides is 2. The molecule has 1 aromatic carbocycles. The molecule has 0 atom stereocenters. The van der Waals surface area contributed by atoms with Gasteiger partial charge in [-0.25, -0.2) is 29.9 Å². The van der Waals surface area contributed by atoms with E-state index in [2.05, 4.69) is 0 Å². The molecule has 1 aliphatic heterocycles. The summed E-state index contributed by atoms with van der Waals surface area (Å²) in [5, 5.41) is 0. The van der Waals surface area contributed by atoms with E-state index in [1.54, 1.807) is 0 Å². The Morgan fingerprint density at radius 1 is 1.00 bits per heavy atom. The highest BCUT2D eigenvalue weighted by atomic mass is 32.2. The molecule has 0 unspecified atom stereocenters. The quantitative estimate of drug-likeness (QED) is 0.655. The summed E-state index contributed by atoms with van der Waals surface area (Å²) in [5.41, 5.74) is 0. The first-order chi connectivity index (χ1) is 12.0. The number of halogens is 2. The number of piperazine rings is 1. The zero-order chi connectivity index (χ0) is 19.5. The van der Waals surface area contributed by atoms with Crippen molar-refractivity contribution < 1.29 is 25.6 Å². The summed E-state index contributed by atoms with van der Waals surface area (Å²) in [6.45, 7) is 1.87. The first kappa shape index (κ1) is 21.2. The highest BCUT2D eigenvalue weighted by Crippen LogP contribution is 2.20. The number of hydrogen-bond acceptors (Lipinski definition) is 5. The minimum absolute atomic E-state index is 0.0351. The Balaban J connectivity index is 1.90. The van der Waals surface area contributed by atoms with Gasteiger partial charge >= 0.3 is 0 Å². The van der Waals surface area contributed by atoms with Gasteiger partial charge in [0.1, 0.15) is 0 Å². The maximum absolute atomic E-state index is 13.3. The van der Waals surface area contributed by atoms with E-state index in [1.165, 1.54) is 22.7 Å². The fraction of sp³-hybridized carbons (Fsp3) is 0.600. The fourth-order valence-electron chi connectivity index (χ4n) is 2.63. The molecule has 1 saturated heterocycles. The van der Waals surface area contributed by atoms with Crippen LogP contribution in [0, 0.1) is 11.6 Å². The highest BCUT2D eigenvalue weighted by Gasteiger charge is 2.29. The fourth-order valence-corrected chi connectivity index (χ4v) is 4.93. The molecule has 0 amide bonds. The molecule has 7 nitrogen and oxygen atoms in total. The maximum atomic E-state index is 13.3. The Morgan fingerprint density at radius 2 is 1.62 bits per heavy atom. The molecule has 0 radical (unpaired) electrons. The molecule has 1 aliphatic rings. The molecular weight excluding hydrogens is 388 g/mol. The van der Waals surface area contributed by atoms with Gasteiger partial charge in [0.05, 0.1) is 10.6 Å². The summed E-state index contributed by atoms with van der Waals surface area (Å²) in [5.74, 6) is -2.26. The summed E-state index contributed by atoms with van der Waals surface area (Å²) in [4.78, 5) is 1.71. The molecule has 0 N–H and O–H groups in total. The van der Waals surface area contributed by atoms with E-state index in [-0.39, 0.29) is 23.7 Å². The summed E-state index contributed by atoms with van der Waals surface area (Å²) in [6, 6.07) is 2.53. The number of hydrogen-bond donors (Lipinski definition) is 0. The third-order valence-electron chi connectivity index (χ3n) is 4.29. The van der Waals surface area contributed by atoms with Crippen LogP contribution in [0.3, 0.4) is 0 Å². The van der Waals surface area contributed by atoms with Gasteiger partial charge in [-0.15, -0.1) is 0 Å². The average molecular weight is 411 g/mol. The van der Waals surface area contributed by atoms with Gasteiger partial charge in [-0.2, -0.15) is 4.31 Å². The van der Waals surface area contributed by atoms with Crippen molar-refractivity contribution in [1.82, 2.24) is 13.5 Å². The molecule has 0 saturated carbocycles. The molecule has 0 aromatic heterocycles. The van der Waals surface area contributed by atoms with E-state index in [0.717, 1.165) is 12.1 Å². The molecule has 2 rings (SSSR count). The minimum atomic E-state index is -3.88. The minimum Gasteiger partial charge on any atom is -0.301 e. The van der Waals surface area contributed by atoms with Crippen LogP contribution < -0.4 is 0 Å². The number of benzene rings is 1. The molecule has 0 aliphatic carbocycles. The summed E-state index contributed by atoms with van der Waals surface area (Å²) in [7, 11) is -4.16. The Morgan fingerprint density at radius 3 is 2.15 bits per heavy atom. The first-order valence-corrected chi connectivity index (χ1v) is 11.2. The van der Waals surface area contributed by atoms with Gasteiger partial charge in [0, 0.05) is 40.3 Å². The molecule has 1 fully saturated rings. The molecule has 1 aromatic rings. The molecule has 11 heteroatoms. The number of nitrogens with zero attached hydrogens (tertiary/aromatic N) is 3. The molecule has 148 valence electrons. The van der Waals surface area contributed by atoms with E-state index < -0.39 is 31.7 Å². The Hall–Kier alpha value is -1.14. The Bertz CT molecular complexity index is 836. The first-order valence-electron chi connectivity index (χ1n) is 8.12. The molecule has 26 heavy (non-hydrogen) atoms. The largest absolute Gasteiger partial charge is 0.301 e. The molecule has 0 bridgehead atoms. The molecular formula is C15H23F2N3O4S2. The predicted octanol–water partition coefficient (Wildman–Crippen LogP) is 0.553. The molecule has 1 heterocycles. The average Bonchev–Trinajstić information content (AvgIpc) is 2.57. The van der Waals surface area contributed by atoms with Crippen molar-refractivity contribution in [3.8, 4) is 0 Å². The Labute approximate surface area is 153 Å². The van der Waals surface area contributed by atoms with Crippen LogP contribution in [-0.4, -0.2) is 82.9 Å². The SMILES string of the molecule is CN(C)S(=O)(=O)CCCN1CCN(S(=O)(=O)c2ccc(F)c(F)c2)CC1. The lowest BCUT2D eigenvalue weighted by Gasteiger charge is -2.34. The second kappa shape index (κ2) is 8.26. The van der Waals surface area contributed by atoms with Crippen molar-refractivity contribution in [3.63, 3.8) is 0 Å². The lowest BCUT2D eigenvalue weighted by Crippen LogP contribution is -2.49. The predicted molar refractivity (Wildman–Crippen MR) is 93.6 cm³/mol. The van der Waals surface area contributed by atoms with Crippen molar-refractivity contribution in [1.29, 1.82) is 0 Å². The van der Waals surface area contributed by atoms with Gasteiger partial charge in [0.15, 0.2) is 11.6 Å². The van der Waals surface area contributed by atoms with Crippen LogP contribution in [0.25, 0.3) is 0 Å². The summed E-state index contributed by atoms with van der Waals surface area (Å²) in [6.07, 6.45) is 0.455. The van der Waals surface area contributed by atoms with Crippen molar-refractivity contribution in [2.24, 2.45) is 0 Å². The van der Waals surface area contributed by atoms with Crippen molar-refractivity contribution >= 4 is 20.0 Å². The van der Waals surface area contributed by atoms with E-state index in [0.29, 0.717) is 32.1 Å². The lowest BCUT2D eigenvalue weighted by molar-refractivity contribution is 0.189. The van der Waals surface area contributed by atoms with Crippen LogP contribution in [0.15, 0.2) is 23.1 Å². The third-order valence-corrected chi connectivity index (χ3v) is 8.10. The smallest absolute Gasteiger partial charge is 0.243 e. The van der Waals surface area contributed by atoms with E-state index >= 15 is 0 Å². The van der Waals surface area contributed by atoms with Crippen molar-refractivity contribution in [2.75, 3.05) is 52.6 Å². The van der Waals surface area contributed by atoms with Gasteiger partial charge in [0.25, 0.3) is 0 Å². The van der Waals surface area contributed by atoms with Crippen LogP contribution in [0.5, 0.6) is 0 Å². The standard InChI is InChI=1S/C15H23F2N3O4S2/c1-18(2)25(21,22)11-3-6-19-7-9-20(10-8-19)26(23,24)13-4-5-14(16)15(17)12-13/h4-5,12H,3,6-11H2,1-2H3. The second-order valence-corrected chi connectivity index (χ2v) is 10.5. The second-order valence-electron chi connectivity index (χ2n) is 6.27. The Kier molecular flexibility index (Phi) is 6.72. The lowest BCUT2D eigenvalue weighted by atomic mass is 10.3. The molecule has 0 spiro atoms. The monoisotopic (exact) mass is 411 g/mol. The van der Waals surface area contributed by atoms with E-state index in [4.69, 9.17) is 0 Å². The van der Waals surface area contributed by atoms with Crippen molar-refractivity contribution in [2.45, 2.75) is 11.3 Å². The van der Waals surface area contributed by atoms with Gasteiger partial charge in [0.2, 0.25) is 20.0 Å². The van der Waals surface area contributed by atoms with Crippen LogP contribution in [-0.2, 0) is 20.0 Å². The van der Waals surface area contributed by atoms with Gasteiger partial charge in [-0.3, -0.25) is 0 Å². The van der Waals surface area contributed by atoms with Gasteiger partial charge in [-0.05, 0) is 31.2 Å². The zero-order valence-electron chi connectivity index (χ0n) is 14.7. The summed E-state index contributed by atoms with van der Waals surface area (Å²) >= 11 is 0. The normalized spacial score (nSPS) is 17.7. The van der Waals surface area contributed by atoms with Gasteiger partial charge < -0.3 is 4.90 Å². The topological polar surface area (TPSA) is 78.0 Å². The zero-order valence-corrected chi connectivity index (χ0v) is 16.4. The highest BCUT2D eigenvalue weighted by molar-refractivity contribution is 7.89. The van der Waals surface area contributed by atoms with Crippen LogP contribution in [0.4, 0.5) is 8.78 Å². The maximum Gasteiger partial charge on any atom is 0.243 e. The third kappa shape index (κ3) is 4.97. The van der Waals surface area contributed by atoms with Crippen LogP contribution >= 0.6 is 0 Å². The summed E-state index contributed by atoms with van der Waals surface area (Å²) < 4.78 is 77.2. The van der Waals surface area contributed by atoms with Crippen LogP contribution in [0.2, 0.25) is 0 Å². The van der Waals surface area contributed by atoms with Gasteiger partial charge in [-0.1, -0.05) is 0 Å². The number of rotatable bonds is 7. The van der Waals surface area contributed by atoms with E-state index in [1.807, 2.05) is 4.90 Å². The van der Waals surface area contributed by atoms with Crippen molar-refractivity contribution in [3.05, 3.63) is 29.8 Å². The van der Waals surface area contributed by atoms with Crippen LogP contribution in [0.1, 0.15) is 6.42 Å². The van der Waals surface area contributed by atoms with E-state index in [9.17, 15) is 25.6 Å².